The second-order valence-electron chi connectivity index (χ2n) is 11.3. The molecule has 0 saturated carbocycles. The molecule has 1 aromatic heterocycles. The highest BCUT2D eigenvalue weighted by Gasteiger charge is 2.26. The average molecular weight is 550 g/mol. The van der Waals surface area contributed by atoms with Crippen molar-refractivity contribution in [2.75, 3.05) is 32.8 Å². The number of ether oxygens (including phenoxy) is 1. The molecule has 2 fully saturated rings. The number of aliphatic hydroxyl groups excluding tert-OH is 1. The Kier molecular flexibility index (Phi) is 8.51. The van der Waals surface area contributed by atoms with Crippen LogP contribution >= 0.6 is 0 Å². The smallest absolute Gasteiger partial charge is 0.260 e. The summed E-state index contributed by atoms with van der Waals surface area (Å²) < 4.78 is 23.1. The van der Waals surface area contributed by atoms with E-state index in [4.69, 9.17) is 14.7 Å². The molecule has 9 heteroatoms. The maximum absolute atomic E-state index is 15.4. The van der Waals surface area contributed by atoms with E-state index in [2.05, 4.69) is 11.8 Å². The van der Waals surface area contributed by atoms with Gasteiger partial charge in [-0.2, -0.15) is 0 Å². The maximum Gasteiger partial charge on any atom is 0.260 e. The molecule has 2 saturated heterocycles. The number of amidine groups is 1. The van der Waals surface area contributed by atoms with E-state index in [1.165, 1.54) is 0 Å². The summed E-state index contributed by atoms with van der Waals surface area (Å²) in [6.07, 6.45) is 8.59. The second kappa shape index (κ2) is 12.1. The summed E-state index contributed by atoms with van der Waals surface area (Å²) in [6.45, 7) is 11.7. The summed E-state index contributed by atoms with van der Waals surface area (Å²) in [5, 5.41) is 9.62. The fraction of sp³-hybridized carbons (Fsp3) is 0.516. The maximum atomic E-state index is 15.4. The number of likely N-dealkylation sites (tertiary alicyclic amines) is 2. The van der Waals surface area contributed by atoms with Crippen molar-refractivity contribution in [3.05, 3.63) is 58.7 Å². The molecule has 0 bridgehead atoms. The van der Waals surface area contributed by atoms with Crippen molar-refractivity contribution >= 4 is 23.3 Å². The lowest BCUT2D eigenvalue weighted by atomic mass is 10.0. The van der Waals surface area contributed by atoms with E-state index in [0.717, 1.165) is 60.3 Å². The molecule has 1 atom stereocenters. The van der Waals surface area contributed by atoms with Gasteiger partial charge in [0.05, 0.1) is 11.8 Å². The van der Waals surface area contributed by atoms with Crippen molar-refractivity contribution in [1.82, 2.24) is 14.4 Å². The van der Waals surface area contributed by atoms with Crippen molar-refractivity contribution in [1.29, 1.82) is 0 Å². The van der Waals surface area contributed by atoms with Crippen LogP contribution in [0.5, 0.6) is 5.75 Å². The van der Waals surface area contributed by atoms with Crippen LogP contribution in [0.3, 0.4) is 0 Å². The summed E-state index contributed by atoms with van der Waals surface area (Å²) in [6, 6.07) is 3.87. The summed E-state index contributed by atoms with van der Waals surface area (Å²) in [7, 11) is 0. The third kappa shape index (κ3) is 6.20. The third-order valence-corrected chi connectivity index (χ3v) is 8.07. The second-order valence-corrected chi connectivity index (χ2v) is 11.3. The van der Waals surface area contributed by atoms with E-state index in [1.54, 1.807) is 10.6 Å². The SMILES string of the molecule is CCC1CC=C(F)C(n2cc(C)c(CN3CC(O)C3)c2)=NC1=Nc1cc(C)c(OCC(=O)N2CCCC2)c(C)c1. The van der Waals surface area contributed by atoms with Gasteiger partial charge in [-0.25, -0.2) is 14.4 Å². The number of aryl methyl sites for hydroxylation is 3. The van der Waals surface area contributed by atoms with Crippen molar-refractivity contribution in [3.8, 4) is 5.75 Å². The molecule has 1 N–H and O–H groups in total. The van der Waals surface area contributed by atoms with E-state index in [1.807, 2.05) is 50.2 Å². The molecule has 40 heavy (non-hydrogen) atoms. The van der Waals surface area contributed by atoms with Gasteiger partial charge in [-0.3, -0.25) is 9.69 Å². The zero-order valence-corrected chi connectivity index (χ0v) is 24.0. The molecule has 0 aliphatic carbocycles. The average Bonchev–Trinajstić information content (AvgIpc) is 3.52. The number of benzene rings is 1. The zero-order valence-electron chi connectivity index (χ0n) is 24.0. The molecular formula is C31H40FN5O3. The molecule has 3 aliphatic rings. The number of nitrogens with zero attached hydrogens (tertiary/aromatic N) is 5. The number of aliphatic imine (C=N–C) groups is 2. The molecule has 0 radical (unpaired) electrons. The van der Waals surface area contributed by atoms with E-state index >= 15 is 4.39 Å². The van der Waals surface area contributed by atoms with Crippen molar-refractivity contribution in [3.63, 3.8) is 0 Å². The molecule has 1 amide bonds. The minimum atomic E-state index is -0.358. The highest BCUT2D eigenvalue weighted by atomic mass is 19.1. The van der Waals surface area contributed by atoms with Crippen LogP contribution in [0.4, 0.5) is 10.1 Å². The minimum absolute atomic E-state index is 0.0171. The number of carbonyl (C=O) groups excluding carboxylic acids is 1. The summed E-state index contributed by atoms with van der Waals surface area (Å²) in [5.41, 5.74) is 4.66. The monoisotopic (exact) mass is 549 g/mol. The van der Waals surface area contributed by atoms with Crippen molar-refractivity contribution < 1.29 is 19.0 Å². The number of halogens is 1. The van der Waals surface area contributed by atoms with Gasteiger partial charge in [-0.15, -0.1) is 0 Å². The van der Waals surface area contributed by atoms with E-state index in [0.29, 0.717) is 37.6 Å². The third-order valence-electron chi connectivity index (χ3n) is 8.07. The Morgan fingerprint density at radius 2 is 1.82 bits per heavy atom. The predicted octanol–water partition coefficient (Wildman–Crippen LogP) is 4.85. The van der Waals surface area contributed by atoms with E-state index in [9.17, 15) is 9.90 Å². The number of aromatic nitrogens is 1. The molecule has 8 nitrogen and oxygen atoms in total. The van der Waals surface area contributed by atoms with Gasteiger partial charge in [0.25, 0.3) is 5.91 Å². The topological polar surface area (TPSA) is 82.7 Å². The first-order valence-corrected chi connectivity index (χ1v) is 14.3. The number of carbonyl (C=O) groups is 1. The number of β-amino-alcohol motifs (C(OH)–C–C–N with tert-alkyl or cyclic N) is 1. The lowest BCUT2D eigenvalue weighted by Crippen LogP contribution is -2.49. The van der Waals surface area contributed by atoms with E-state index < -0.39 is 0 Å². The van der Waals surface area contributed by atoms with Crippen LogP contribution in [0, 0.1) is 26.7 Å². The van der Waals surface area contributed by atoms with Gasteiger partial charge in [-0.05, 0) is 86.9 Å². The molecule has 4 heterocycles. The fourth-order valence-electron chi connectivity index (χ4n) is 5.68. The van der Waals surface area contributed by atoms with Crippen LogP contribution < -0.4 is 4.74 Å². The van der Waals surface area contributed by atoms with Crippen molar-refractivity contribution in [2.45, 2.75) is 66.0 Å². The lowest BCUT2D eigenvalue weighted by Gasteiger charge is -2.35. The van der Waals surface area contributed by atoms with Crippen LogP contribution in [0.15, 0.2) is 46.4 Å². The molecule has 214 valence electrons. The molecule has 5 rings (SSSR count). The van der Waals surface area contributed by atoms with Gasteiger partial charge in [0.15, 0.2) is 18.3 Å². The predicted molar refractivity (Wildman–Crippen MR) is 155 cm³/mol. The molecule has 1 aromatic carbocycles. The minimum Gasteiger partial charge on any atom is -0.483 e. The van der Waals surface area contributed by atoms with Gasteiger partial charge in [0, 0.05) is 51.0 Å². The Balaban J connectivity index is 1.39. The number of amides is 1. The Morgan fingerprint density at radius 1 is 1.12 bits per heavy atom. The molecule has 0 spiro atoms. The first kappa shape index (κ1) is 28.2. The zero-order chi connectivity index (χ0) is 28.4. The van der Waals surface area contributed by atoms with Gasteiger partial charge in [-0.1, -0.05) is 6.92 Å². The summed E-state index contributed by atoms with van der Waals surface area (Å²) in [5.74, 6) is 1.18. The number of aliphatic hydroxyl groups is 1. The van der Waals surface area contributed by atoms with Gasteiger partial charge in [0.2, 0.25) is 0 Å². The molecule has 3 aliphatic heterocycles. The standard InChI is InChI=1S/C31H40FN5O3/c1-5-23-8-9-27(32)31(37-14-22(4)24(16-37)15-35-17-26(38)18-35)34-30(23)33-25-12-20(2)29(21(3)13-25)40-19-28(39)36-10-6-7-11-36/h9,12-14,16,23,26,38H,5-8,10-11,15,17-19H2,1-4H3. The molecule has 2 aromatic rings. The normalized spacial score (nSPS) is 21.3. The summed E-state index contributed by atoms with van der Waals surface area (Å²) >= 11 is 0. The van der Waals surface area contributed by atoms with Gasteiger partial charge >= 0.3 is 0 Å². The number of hydrogen-bond acceptors (Lipinski definition) is 5. The Bertz CT molecular complexity index is 1330. The number of allylic oxidation sites excluding steroid dienone is 2. The highest BCUT2D eigenvalue weighted by molar-refractivity contribution is 6.08. The van der Waals surface area contributed by atoms with Crippen LogP contribution in [0.1, 0.15) is 54.9 Å². The fourth-order valence-corrected chi connectivity index (χ4v) is 5.68. The number of hydrogen-bond donors (Lipinski definition) is 1. The largest absolute Gasteiger partial charge is 0.483 e. The van der Waals surface area contributed by atoms with Gasteiger partial charge in [0.1, 0.15) is 11.6 Å². The first-order chi connectivity index (χ1) is 19.2. The number of rotatable bonds is 7. The Labute approximate surface area is 235 Å². The highest BCUT2D eigenvalue weighted by Crippen LogP contribution is 2.31. The molecular weight excluding hydrogens is 509 g/mol. The first-order valence-electron chi connectivity index (χ1n) is 14.3. The van der Waals surface area contributed by atoms with Gasteiger partial charge < -0.3 is 19.3 Å². The quantitative estimate of drug-likeness (QED) is 0.535. The lowest BCUT2D eigenvalue weighted by molar-refractivity contribution is -0.132. The van der Waals surface area contributed by atoms with Crippen LogP contribution in [0.25, 0.3) is 0 Å². The Hall–Kier alpha value is -3.30. The van der Waals surface area contributed by atoms with Crippen LogP contribution in [0.2, 0.25) is 0 Å². The van der Waals surface area contributed by atoms with E-state index in [-0.39, 0.29) is 36.2 Å². The van der Waals surface area contributed by atoms with Crippen molar-refractivity contribution in [2.24, 2.45) is 15.9 Å². The molecule has 1 unspecified atom stereocenters. The van der Waals surface area contributed by atoms with Crippen LogP contribution in [-0.4, -0.2) is 75.9 Å². The summed E-state index contributed by atoms with van der Waals surface area (Å²) in [4.78, 5) is 26.2. The van der Waals surface area contributed by atoms with Crippen LogP contribution in [-0.2, 0) is 11.3 Å². The Morgan fingerprint density at radius 3 is 2.48 bits per heavy atom.